The molecule has 8 heteroatoms. The fraction of sp³-hybridized carbons (Fsp3) is 0.333. The van der Waals surface area contributed by atoms with Crippen molar-refractivity contribution in [1.82, 2.24) is 15.2 Å². The number of aromatic nitrogens is 1. The van der Waals surface area contributed by atoms with Gasteiger partial charge in [0.25, 0.3) is 11.8 Å². The van der Waals surface area contributed by atoms with Gasteiger partial charge in [0.05, 0.1) is 17.0 Å². The highest BCUT2D eigenvalue weighted by atomic mass is 35.5. The van der Waals surface area contributed by atoms with Gasteiger partial charge in [0.1, 0.15) is 0 Å². The van der Waals surface area contributed by atoms with Gasteiger partial charge in [0, 0.05) is 52.9 Å². The Labute approximate surface area is 207 Å². The second-order valence-electron chi connectivity index (χ2n) is 9.67. The number of likely N-dealkylation sites (tertiary alicyclic amines) is 1. The zero-order valence-corrected chi connectivity index (χ0v) is 19.9. The summed E-state index contributed by atoms with van der Waals surface area (Å²) in [7, 11) is 0. The first-order chi connectivity index (χ1) is 16.9. The Morgan fingerprint density at radius 2 is 1.77 bits per heavy atom. The Kier molecular flexibility index (Phi) is 5.44. The first-order valence-electron chi connectivity index (χ1n) is 12.1. The lowest BCUT2D eigenvalue weighted by atomic mass is 10.0. The zero-order valence-electron chi connectivity index (χ0n) is 19.1. The first kappa shape index (κ1) is 22.0. The fourth-order valence-electron chi connectivity index (χ4n) is 4.98. The van der Waals surface area contributed by atoms with Gasteiger partial charge in [-0.05, 0) is 67.6 Å². The van der Waals surface area contributed by atoms with Crippen molar-refractivity contribution in [2.45, 2.75) is 44.1 Å². The minimum absolute atomic E-state index is 0.00209. The average molecular weight is 489 g/mol. The second-order valence-corrected chi connectivity index (χ2v) is 10.1. The van der Waals surface area contributed by atoms with Crippen molar-refractivity contribution >= 4 is 45.9 Å². The molecule has 1 aromatic heterocycles. The maximum Gasteiger partial charge on any atom is 0.253 e. The molecule has 0 spiro atoms. The Hall–Kier alpha value is -3.45. The third-order valence-corrected chi connectivity index (χ3v) is 7.44. The molecule has 1 aliphatic carbocycles. The van der Waals surface area contributed by atoms with Crippen LogP contribution in [0.2, 0.25) is 5.02 Å². The summed E-state index contributed by atoms with van der Waals surface area (Å²) in [4.78, 5) is 44.1. The van der Waals surface area contributed by atoms with E-state index in [9.17, 15) is 14.4 Å². The summed E-state index contributed by atoms with van der Waals surface area (Å²) in [6.07, 6.45) is 3.96. The Morgan fingerprint density at radius 3 is 2.54 bits per heavy atom. The van der Waals surface area contributed by atoms with Gasteiger partial charge in [0.2, 0.25) is 5.91 Å². The zero-order chi connectivity index (χ0) is 24.1. The number of nitrogens with zero attached hydrogens (tertiary/aromatic N) is 2. The molecular formula is C27H25ClN4O3. The minimum Gasteiger partial charge on any atom is -0.349 e. The van der Waals surface area contributed by atoms with E-state index in [1.165, 1.54) is 0 Å². The predicted octanol–water partition coefficient (Wildman–Crippen LogP) is 4.29. The highest BCUT2D eigenvalue weighted by Gasteiger charge is 2.28. The molecule has 0 radical (unpaired) electrons. The number of rotatable bonds is 4. The van der Waals surface area contributed by atoms with Crippen molar-refractivity contribution in [3.8, 4) is 0 Å². The molecular weight excluding hydrogens is 464 g/mol. The van der Waals surface area contributed by atoms with E-state index in [4.69, 9.17) is 16.6 Å². The van der Waals surface area contributed by atoms with Crippen LogP contribution in [-0.2, 0) is 11.2 Å². The van der Waals surface area contributed by atoms with Crippen LogP contribution in [0.15, 0.2) is 42.5 Å². The summed E-state index contributed by atoms with van der Waals surface area (Å²) in [6.45, 7) is 1.14. The topological polar surface area (TPSA) is 91.4 Å². The minimum atomic E-state index is -0.152. The highest BCUT2D eigenvalue weighted by Crippen LogP contribution is 2.41. The molecule has 1 saturated carbocycles. The highest BCUT2D eigenvalue weighted by molar-refractivity contribution is 6.35. The first-order valence-corrected chi connectivity index (χ1v) is 12.5. The number of hydrogen-bond donors (Lipinski definition) is 2. The lowest BCUT2D eigenvalue weighted by Crippen LogP contribution is -2.46. The third kappa shape index (κ3) is 4.36. The van der Waals surface area contributed by atoms with Crippen molar-refractivity contribution in [3.05, 3.63) is 69.9 Å². The van der Waals surface area contributed by atoms with Crippen molar-refractivity contribution in [1.29, 1.82) is 0 Å². The van der Waals surface area contributed by atoms with Crippen LogP contribution in [0.1, 0.15) is 63.6 Å². The van der Waals surface area contributed by atoms with Crippen LogP contribution in [0.5, 0.6) is 0 Å². The van der Waals surface area contributed by atoms with E-state index in [1.54, 1.807) is 18.2 Å². The SMILES string of the molecule is O=C1Cc2cc(C(=O)NC3CCN(C(=O)c4ccc5c(Cl)cc(C6CC6)nc5c4)CC3)ccc2N1. The maximum atomic E-state index is 13.2. The summed E-state index contributed by atoms with van der Waals surface area (Å²) in [5, 5.41) is 7.40. The van der Waals surface area contributed by atoms with E-state index in [0.717, 1.165) is 40.7 Å². The molecule has 0 unspecified atom stereocenters. The molecule has 2 aromatic carbocycles. The van der Waals surface area contributed by atoms with Gasteiger partial charge in [-0.15, -0.1) is 0 Å². The molecule has 0 bridgehead atoms. The molecule has 1 saturated heterocycles. The summed E-state index contributed by atoms with van der Waals surface area (Å²) >= 11 is 6.46. The van der Waals surface area contributed by atoms with Gasteiger partial charge < -0.3 is 15.5 Å². The Balaban J connectivity index is 1.09. The van der Waals surface area contributed by atoms with Crippen LogP contribution in [0.3, 0.4) is 0 Å². The van der Waals surface area contributed by atoms with Crippen LogP contribution in [0.4, 0.5) is 5.69 Å². The van der Waals surface area contributed by atoms with E-state index in [1.807, 2.05) is 29.2 Å². The molecule has 6 rings (SSSR count). The van der Waals surface area contributed by atoms with Crippen LogP contribution in [0.25, 0.3) is 10.9 Å². The normalized spacial score (nSPS) is 17.9. The molecule has 3 aromatic rings. The van der Waals surface area contributed by atoms with E-state index in [0.29, 0.717) is 54.4 Å². The molecule has 3 aliphatic rings. The molecule has 3 heterocycles. The smallest absolute Gasteiger partial charge is 0.253 e. The molecule has 0 atom stereocenters. The monoisotopic (exact) mass is 488 g/mol. The average Bonchev–Trinajstić information content (AvgIpc) is 3.64. The lowest BCUT2D eigenvalue weighted by Gasteiger charge is -2.32. The Bertz CT molecular complexity index is 1380. The van der Waals surface area contributed by atoms with Crippen LogP contribution in [-0.4, -0.2) is 46.7 Å². The van der Waals surface area contributed by atoms with Gasteiger partial charge in [-0.2, -0.15) is 0 Å². The predicted molar refractivity (Wildman–Crippen MR) is 134 cm³/mol. The van der Waals surface area contributed by atoms with Gasteiger partial charge in [0.15, 0.2) is 0 Å². The van der Waals surface area contributed by atoms with Crippen molar-refractivity contribution in [2.24, 2.45) is 0 Å². The molecule has 3 amide bonds. The number of nitrogens with one attached hydrogen (secondary N) is 2. The maximum absolute atomic E-state index is 13.2. The Morgan fingerprint density at radius 1 is 1.00 bits per heavy atom. The van der Waals surface area contributed by atoms with Crippen LogP contribution < -0.4 is 10.6 Å². The van der Waals surface area contributed by atoms with E-state index in [-0.39, 0.29) is 23.8 Å². The van der Waals surface area contributed by atoms with E-state index in [2.05, 4.69) is 10.6 Å². The third-order valence-electron chi connectivity index (χ3n) is 7.13. The molecule has 2 N–H and O–H groups in total. The molecule has 178 valence electrons. The number of piperidine rings is 1. The summed E-state index contributed by atoms with van der Waals surface area (Å²) in [5.74, 6) is 0.257. The molecule has 7 nitrogen and oxygen atoms in total. The van der Waals surface area contributed by atoms with Gasteiger partial charge >= 0.3 is 0 Å². The number of carbonyl (C=O) groups is 3. The number of halogens is 1. The summed E-state index contributed by atoms with van der Waals surface area (Å²) in [6, 6.07) is 12.8. The van der Waals surface area contributed by atoms with Gasteiger partial charge in [-0.1, -0.05) is 17.7 Å². The number of pyridine rings is 1. The number of benzene rings is 2. The molecule has 35 heavy (non-hydrogen) atoms. The van der Waals surface area contributed by atoms with Gasteiger partial charge in [-0.25, -0.2) is 0 Å². The summed E-state index contributed by atoms with van der Waals surface area (Å²) < 4.78 is 0. The molecule has 2 aliphatic heterocycles. The number of fused-ring (bicyclic) bond motifs is 2. The fourth-order valence-corrected chi connectivity index (χ4v) is 5.25. The number of hydrogen-bond acceptors (Lipinski definition) is 4. The van der Waals surface area contributed by atoms with Crippen molar-refractivity contribution < 1.29 is 14.4 Å². The van der Waals surface area contributed by atoms with Crippen LogP contribution >= 0.6 is 11.6 Å². The summed E-state index contributed by atoms with van der Waals surface area (Å²) in [5.41, 5.74) is 4.55. The largest absolute Gasteiger partial charge is 0.349 e. The lowest BCUT2D eigenvalue weighted by molar-refractivity contribution is -0.115. The van der Waals surface area contributed by atoms with Crippen molar-refractivity contribution in [3.63, 3.8) is 0 Å². The van der Waals surface area contributed by atoms with Gasteiger partial charge in [-0.3, -0.25) is 19.4 Å². The number of anilines is 1. The van der Waals surface area contributed by atoms with Crippen molar-refractivity contribution in [2.75, 3.05) is 18.4 Å². The number of carbonyl (C=O) groups excluding carboxylic acids is 3. The van der Waals surface area contributed by atoms with E-state index >= 15 is 0 Å². The van der Waals surface area contributed by atoms with Crippen LogP contribution in [0, 0.1) is 0 Å². The number of amides is 3. The standard InChI is InChI=1S/C27H25ClN4O3/c28-21-14-23(15-1-2-15)30-24-12-17(3-5-20(21)24)27(35)32-9-7-19(8-10-32)29-26(34)16-4-6-22-18(11-16)13-25(33)31-22/h3-6,11-12,14-15,19H,1-2,7-10,13H2,(H,29,34)(H,31,33). The second kappa shape index (κ2) is 8.64. The quantitative estimate of drug-likeness (QED) is 0.573. The van der Waals surface area contributed by atoms with E-state index < -0.39 is 0 Å². The molecule has 2 fully saturated rings.